The zero-order valence-electron chi connectivity index (χ0n) is 22.4. The summed E-state index contributed by atoms with van der Waals surface area (Å²) < 4.78 is 29.0. The molecule has 1 aliphatic heterocycles. The van der Waals surface area contributed by atoms with Gasteiger partial charge >= 0.3 is 6.03 Å². The van der Waals surface area contributed by atoms with Gasteiger partial charge in [-0.25, -0.2) is 13.6 Å². The molecule has 40 heavy (non-hydrogen) atoms. The third-order valence-corrected chi connectivity index (χ3v) is 7.00. The van der Waals surface area contributed by atoms with E-state index in [1.54, 1.807) is 30.3 Å². The molecule has 1 aliphatic rings. The molecule has 0 aliphatic carbocycles. The first-order valence-electron chi connectivity index (χ1n) is 12.9. The van der Waals surface area contributed by atoms with Crippen LogP contribution in [0.5, 0.6) is 0 Å². The molecule has 1 aromatic heterocycles. The number of anilines is 2. The predicted octanol–water partition coefficient (Wildman–Crippen LogP) is 7.68. The van der Waals surface area contributed by atoms with Gasteiger partial charge in [0.2, 0.25) is 5.91 Å². The van der Waals surface area contributed by atoms with E-state index in [0.717, 1.165) is 23.8 Å². The Morgan fingerprint density at radius 3 is 2.58 bits per heavy atom. The van der Waals surface area contributed by atoms with Crippen molar-refractivity contribution in [1.29, 1.82) is 0 Å². The average Bonchev–Trinajstić information content (AvgIpc) is 2.89. The van der Waals surface area contributed by atoms with Crippen molar-refractivity contribution in [2.75, 3.05) is 10.6 Å². The summed E-state index contributed by atoms with van der Waals surface area (Å²) >= 11 is 5.88. The van der Waals surface area contributed by atoms with E-state index in [2.05, 4.69) is 15.6 Å². The van der Waals surface area contributed by atoms with E-state index in [0.29, 0.717) is 47.6 Å². The number of hydrogen-bond acceptors (Lipinski definition) is 4. The number of carbonyl (C=O) groups excluding carboxylic acids is 2. The molecule has 2 heterocycles. The van der Waals surface area contributed by atoms with Gasteiger partial charge in [-0.2, -0.15) is 0 Å². The lowest BCUT2D eigenvalue weighted by Gasteiger charge is -2.21. The molecule has 0 fully saturated rings. The van der Waals surface area contributed by atoms with Crippen molar-refractivity contribution < 1.29 is 18.4 Å². The number of aliphatic imine (C=N–C) groups is 1. The average molecular weight is 566 g/mol. The molecule has 10 heteroatoms. The first kappa shape index (κ1) is 28.9. The summed E-state index contributed by atoms with van der Waals surface area (Å²) in [6, 6.07) is 10.1. The summed E-state index contributed by atoms with van der Waals surface area (Å²) in [6.45, 7) is 5.77. The fourth-order valence-electron chi connectivity index (χ4n) is 4.74. The van der Waals surface area contributed by atoms with E-state index in [1.807, 2.05) is 20.8 Å². The molecule has 4 rings (SSSR count). The van der Waals surface area contributed by atoms with E-state index in [-0.39, 0.29) is 28.0 Å². The number of aromatic nitrogens is 1. The second-order valence-electron chi connectivity index (χ2n) is 9.89. The lowest BCUT2D eigenvalue weighted by Crippen LogP contribution is -2.20. The quantitative estimate of drug-likeness (QED) is 0.283. The van der Waals surface area contributed by atoms with E-state index >= 15 is 0 Å². The van der Waals surface area contributed by atoms with Crippen molar-refractivity contribution in [2.45, 2.75) is 52.4 Å². The maximum atomic E-state index is 14.6. The Labute approximate surface area is 236 Å². The van der Waals surface area contributed by atoms with Crippen LogP contribution in [0.4, 0.5) is 25.0 Å². The highest BCUT2D eigenvalue weighted by Crippen LogP contribution is 2.35. The van der Waals surface area contributed by atoms with Crippen LogP contribution in [0.2, 0.25) is 5.02 Å². The molecule has 0 radical (unpaired) electrons. The normalized spacial score (nSPS) is 17.4. The van der Waals surface area contributed by atoms with Crippen molar-refractivity contribution in [1.82, 2.24) is 4.98 Å². The van der Waals surface area contributed by atoms with Crippen LogP contribution in [0.3, 0.4) is 0 Å². The number of hydrogen-bond donors (Lipinski definition) is 3. The molecule has 4 N–H and O–H groups in total. The molecule has 2 aromatic carbocycles. The number of nitrogens with two attached hydrogens (primary N) is 1. The number of allylic oxidation sites excluding steroid dienone is 1. The molecule has 1 unspecified atom stereocenters. The first-order chi connectivity index (χ1) is 19.0. The maximum Gasteiger partial charge on any atom is 0.316 e. The van der Waals surface area contributed by atoms with Crippen molar-refractivity contribution in [3.05, 3.63) is 82.1 Å². The largest absolute Gasteiger partial charge is 0.351 e. The van der Waals surface area contributed by atoms with Gasteiger partial charge in [0.15, 0.2) is 5.82 Å². The number of nitrogens with zero attached hydrogens (tertiary/aromatic N) is 2. The molecule has 0 saturated heterocycles. The second kappa shape index (κ2) is 12.4. The third-order valence-electron chi connectivity index (χ3n) is 6.71. The van der Waals surface area contributed by atoms with E-state index in [9.17, 15) is 18.4 Å². The lowest BCUT2D eigenvalue weighted by molar-refractivity contribution is -0.116. The monoisotopic (exact) mass is 565 g/mol. The predicted molar refractivity (Wildman–Crippen MR) is 155 cm³/mol. The van der Waals surface area contributed by atoms with Crippen LogP contribution in [0, 0.1) is 11.6 Å². The highest BCUT2D eigenvalue weighted by Gasteiger charge is 2.22. The number of nitrogens with one attached hydrogen (secondary N) is 2. The summed E-state index contributed by atoms with van der Waals surface area (Å²) in [6.07, 6.45) is 3.79. The van der Waals surface area contributed by atoms with Gasteiger partial charge in [0.25, 0.3) is 0 Å². The van der Waals surface area contributed by atoms with Crippen molar-refractivity contribution >= 4 is 46.3 Å². The van der Waals surface area contributed by atoms with Crippen molar-refractivity contribution in [3.8, 4) is 11.1 Å². The fraction of sp³-hybridized carbons (Fsp3) is 0.267. The number of carbonyl (C=O) groups is 2. The number of halogens is 3. The molecular weight excluding hydrogens is 536 g/mol. The second-order valence-corrected chi connectivity index (χ2v) is 10.3. The Hall–Kier alpha value is -4.11. The molecule has 1 atom stereocenters. The number of benzene rings is 2. The molecule has 0 saturated carbocycles. The Morgan fingerprint density at radius 2 is 1.90 bits per heavy atom. The van der Waals surface area contributed by atoms with Gasteiger partial charge in [-0.05, 0) is 70.0 Å². The zero-order valence-corrected chi connectivity index (χ0v) is 23.2. The van der Waals surface area contributed by atoms with Gasteiger partial charge in [0.05, 0.1) is 22.0 Å². The van der Waals surface area contributed by atoms with Gasteiger partial charge in [-0.15, -0.1) is 0 Å². The number of rotatable bonds is 3. The molecule has 208 valence electrons. The highest BCUT2D eigenvalue weighted by atomic mass is 35.5. The van der Waals surface area contributed by atoms with Crippen LogP contribution in [-0.4, -0.2) is 22.6 Å². The van der Waals surface area contributed by atoms with Crippen molar-refractivity contribution in [2.24, 2.45) is 10.7 Å². The van der Waals surface area contributed by atoms with Gasteiger partial charge in [-0.1, -0.05) is 29.7 Å². The molecule has 0 spiro atoms. The Kier molecular flexibility index (Phi) is 8.94. The van der Waals surface area contributed by atoms with Gasteiger partial charge < -0.3 is 16.4 Å². The van der Waals surface area contributed by atoms with Gasteiger partial charge in [-0.3, -0.25) is 14.8 Å². The summed E-state index contributed by atoms with van der Waals surface area (Å²) in [4.78, 5) is 33.7. The standard InChI is InChI=1S/C30H30ClF2N5O2/c1-16(2)29-21-10-9-19(37-30(34)40)14-25(21)38-26(39)7-5-4-6-20(17(3)36-29)24-13-8-18(15-35-24)27-23(32)12-11-22(31)28(27)33/h8-15,20H,4-7H2,1-3H3,(H,38,39)(H3,34,37,40)/b36-17+. The zero-order chi connectivity index (χ0) is 29.0. The minimum absolute atomic E-state index is 0.156. The number of pyridine rings is 1. The minimum Gasteiger partial charge on any atom is -0.351 e. The first-order valence-corrected chi connectivity index (χ1v) is 13.3. The fourth-order valence-corrected chi connectivity index (χ4v) is 4.90. The van der Waals surface area contributed by atoms with Gasteiger partial charge in [0, 0.05) is 46.8 Å². The van der Waals surface area contributed by atoms with Gasteiger partial charge in [0.1, 0.15) is 5.82 Å². The molecule has 3 aromatic rings. The van der Waals surface area contributed by atoms with E-state index < -0.39 is 17.7 Å². The third kappa shape index (κ3) is 6.54. The van der Waals surface area contributed by atoms with Crippen LogP contribution >= 0.6 is 11.6 Å². The molecule has 7 nitrogen and oxygen atoms in total. The molecular formula is C30H30ClF2N5O2. The summed E-state index contributed by atoms with van der Waals surface area (Å²) in [5, 5.41) is 5.32. The Morgan fingerprint density at radius 1 is 1.12 bits per heavy atom. The van der Waals surface area contributed by atoms with Crippen LogP contribution in [0.1, 0.15) is 63.6 Å². The molecule has 0 bridgehead atoms. The van der Waals surface area contributed by atoms with Crippen LogP contribution in [-0.2, 0) is 4.79 Å². The Balaban J connectivity index is 1.76. The van der Waals surface area contributed by atoms with Crippen LogP contribution < -0.4 is 16.4 Å². The number of urea groups is 1. The summed E-state index contributed by atoms with van der Waals surface area (Å²) in [5.41, 5.74) is 10.1. The van der Waals surface area contributed by atoms with Crippen LogP contribution in [0.25, 0.3) is 16.8 Å². The minimum atomic E-state index is -0.834. The van der Waals surface area contributed by atoms with E-state index in [4.69, 9.17) is 22.3 Å². The number of amides is 3. The van der Waals surface area contributed by atoms with Crippen LogP contribution in [0.15, 0.2) is 59.2 Å². The lowest BCUT2D eigenvalue weighted by atomic mass is 9.91. The Bertz CT molecular complexity index is 1520. The number of primary amides is 1. The SMILES string of the molecule is CC(C)=C1/N=C(\C)C(c2ccc(-c3c(F)ccc(Cl)c3F)cn2)CCCCC(=O)Nc2cc(NC(N)=O)ccc21. The van der Waals surface area contributed by atoms with E-state index in [1.165, 1.54) is 12.3 Å². The summed E-state index contributed by atoms with van der Waals surface area (Å²) in [7, 11) is 0. The molecule has 3 amide bonds. The highest BCUT2D eigenvalue weighted by molar-refractivity contribution is 6.31. The van der Waals surface area contributed by atoms with Crippen molar-refractivity contribution in [3.63, 3.8) is 0 Å². The topological polar surface area (TPSA) is 109 Å². The number of fused-ring (bicyclic) bond motifs is 1. The smallest absolute Gasteiger partial charge is 0.316 e. The summed E-state index contributed by atoms with van der Waals surface area (Å²) in [5.74, 6) is -1.91. The maximum absolute atomic E-state index is 14.6.